The van der Waals surface area contributed by atoms with Crippen molar-refractivity contribution in [1.29, 1.82) is 0 Å². The van der Waals surface area contributed by atoms with Gasteiger partial charge in [0, 0.05) is 15.7 Å². The van der Waals surface area contributed by atoms with E-state index in [0.29, 0.717) is 5.56 Å². The van der Waals surface area contributed by atoms with Crippen molar-refractivity contribution in [2.45, 2.75) is 31.7 Å². The van der Waals surface area contributed by atoms with Crippen LogP contribution in [0.5, 0.6) is 0 Å². The van der Waals surface area contributed by atoms with Gasteiger partial charge in [-0.2, -0.15) is 0 Å². The van der Waals surface area contributed by atoms with Crippen molar-refractivity contribution in [3.8, 4) is 0 Å². The maximum Gasteiger partial charge on any atom is 0.335 e. The summed E-state index contributed by atoms with van der Waals surface area (Å²) in [6, 6.07) is 5.07. The summed E-state index contributed by atoms with van der Waals surface area (Å²) in [5, 5.41) is 12.3. The average Bonchev–Trinajstić information content (AvgIpc) is 2.18. The Bertz CT molecular complexity index is 427. The van der Waals surface area contributed by atoms with E-state index in [4.69, 9.17) is 5.11 Å². The van der Waals surface area contributed by atoms with Gasteiger partial charge >= 0.3 is 5.97 Å². The molecule has 0 radical (unpaired) electrons. The van der Waals surface area contributed by atoms with E-state index >= 15 is 0 Å². The van der Waals surface area contributed by atoms with Crippen LogP contribution in [0.2, 0.25) is 0 Å². The molecule has 1 aromatic carbocycles. The Hall–Kier alpha value is -1.03. The first-order valence-electron chi connectivity index (χ1n) is 5.31. The molecule has 1 fully saturated rings. The Morgan fingerprint density at radius 1 is 1.50 bits per heavy atom. The molecule has 0 heterocycles. The second-order valence-electron chi connectivity index (χ2n) is 4.54. The Kier molecular flexibility index (Phi) is 2.93. The predicted octanol–water partition coefficient (Wildman–Crippen LogP) is 3.50. The van der Waals surface area contributed by atoms with E-state index < -0.39 is 5.97 Å². The molecule has 0 spiro atoms. The number of hydrogen-bond acceptors (Lipinski definition) is 2. The molecule has 1 aliphatic rings. The summed E-state index contributed by atoms with van der Waals surface area (Å²) < 4.78 is 0.806. The third-order valence-electron chi connectivity index (χ3n) is 3.11. The van der Waals surface area contributed by atoms with Crippen LogP contribution < -0.4 is 5.32 Å². The molecule has 2 N–H and O–H groups in total. The highest BCUT2D eigenvalue weighted by molar-refractivity contribution is 9.10. The van der Waals surface area contributed by atoms with Crippen LogP contribution >= 0.6 is 15.9 Å². The second kappa shape index (κ2) is 4.09. The molecule has 16 heavy (non-hydrogen) atoms. The smallest absolute Gasteiger partial charge is 0.335 e. The second-order valence-corrected chi connectivity index (χ2v) is 5.39. The molecule has 0 atom stereocenters. The van der Waals surface area contributed by atoms with E-state index in [1.807, 2.05) is 6.07 Å². The normalized spacial score (nSPS) is 17.6. The fourth-order valence-corrected chi connectivity index (χ4v) is 2.38. The lowest BCUT2D eigenvalue weighted by Crippen LogP contribution is -2.41. The van der Waals surface area contributed by atoms with Gasteiger partial charge in [0.25, 0.3) is 0 Å². The van der Waals surface area contributed by atoms with Crippen LogP contribution in [0, 0.1) is 0 Å². The molecule has 2 rings (SSSR count). The highest BCUT2D eigenvalue weighted by atomic mass is 79.9. The first-order valence-corrected chi connectivity index (χ1v) is 6.10. The quantitative estimate of drug-likeness (QED) is 0.893. The molecule has 86 valence electrons. The number of hydrogen-bond donors (Lipinski definition) is 2. The van der Waals surface area contributed by atoms with Crippen LogP contribution in [-0.4, -0.2) is 16.6 Å². The van der Waals surface area contributed by atoms with Gasteiger partial charge in [-0.3, -0.25) is 0 Å². The SMILES string of the molecule is CC1(Nc2ccc(C(=O)O)cc2Br)CCC1. The van der Waals surface area contributed by atoms with Gasteiger partial charge in [0.2, 0.25) is 0 Å². The van der Waals surface area contributed by atoms with Crippen molar-refractivity contribution in [2.24, 2.45) is 0 Å². The van der Waals surface area contributed by atoms with Gasteiger partial charge in [-0.1, -0.05) is 0 Å². The van der Waals surface area contributed by atoms with Crippen LogP contribution in [-0.2, 0) is 0 Å². The van der Waals surface area contributed by atoms with Gasteiger partial charge in [0.15, 0.2) is 0 Å². The fourth-order valence-electron chi connectivity index (χ4n) is 1.91. The predicted molar refractivity (Wildman–Crippen MR) is 67.0 cm³/mol. The minimum absolute atomic E-state index is 0.174. The van der Waals surface area contributed by atoms with Crippen LogP contribution in [0.1, 0.15) is 36.5 Å². The van der Waals surface area contributed by atoms with Gasteiger partial charge in [0.1, 0.15) is 0 Å². The highest BCUT2D eigenvalue weighted by Crippen LogP contribution is 2.36. The topological polar surface area (TPSA) is 49.3 Å². The van der Waals surface area contributed by atoms with Crippen molar-refractivity contribution in [2.75, 3.05) is 5.32 Å². The average molecular weight is 284 g/mol. The number of nitrogens with one attached hydrogen (secondary N) is 1. The molecule has 3 nitrogen and oxygen atoms in total. The van der Waals surface area contributed by atoms with Crippen LogP contribution in [0.15, 0.2) is 22.7 Å². The van der Waals surface area contributed by atoms with E-state index in [0.717, 1.165) is 10.2 Å². The number of carboxylic acid groups (broad SMARTS) is 1. The molecule has 0 amide bonds. The number of rotatable bonds is 3. The van der Waals surface area contributed by atoms with E-state index in [1.54, 1.807) is 12.1 Å². The van der Waals surface area contributed by atoms with Crippen molar-refractivity contribution >= 4 is 27.6 Å². The molecule has 4 heteroatoms. The van der Waals surface area contributed by atoms with E-state index in [1.165, 1.54) is 19.3 Å². The molecular weight excluding hydrogens is 270 g/mol. The molecule has 1 saturated carbocycles. The van der Waals surface area contributed by atoms with Crippen molar-refractivity contribution in [1.82, 2.24) is 0 Å². The molecule has 0 aliphatic heterocycles. The fraction of sp³-hybridized carbons (Fsp3) is 0.417. The van der Waals surface area contributed by atoms with Gasteiger partial charge in [0.05, 0.1) is 5.56 Å². The van der Waals surface area contributed by atoms with E-state index in [9.17, 15) is 4.79 Å². The molecule has 0 aromatic heterocycles. The van der Waals surface area contributed by atoms with Gasteiger partial charge in [-0.25, -0.2) is 4.79 Å². The standard InChI is InChI=1S/C12H14BrNO2/c1-12(5-2-6-12)14-10-4-3-8(11(15)16)7-9(10)13/h3-4,7,14H,2,5-6H2,1H3,(H,15,16). The van der Waals surface area contributed by atoms with E-state index in [-0.39, 0.29) is 5.54 Å². The van der Waals surface area contributed by atoms with Crippen LogP contribution in [0.25, 0.3) is 0 Å². The summed E-state index contributed by atoms with van der Waals surface area (Å²) in [6.07, 6.45) is 3.59. The summed E-state index contributed by atoms with van der Waals surface area (Å²) in [6.45, 7) is 2.19. The number of carboxylic acids is 1. The summed E-state index contributed by atoms with van der Waals surface area (Å²) >= 11 is 3.40. The largest absolute Gasteiger partial charge is 0.478 e. The maximum atomic E-state index is 10.8. The molecule has 1 aromatic rings. The molecule has 0 unspecified atom stereocenters. The van der Waals surface area contributed by atoms with Gasteiger partial charge in [-0.15, -0.1) is 0 Å². The zero-order valence-corrected chi connectivity index (χ0v) is 10.7. The van der Waals surface area contributed by atoms with Gasteiger partial charge < -0.3 is 10.4 Å². The van der Waals surface area contributed by atoms with Crippen LogP contribution in [0.4, 0.5) is 5.69 Å². The molecule has 0 bridgehead atoms. The molecular formula is C12H14BrNO2. The number of halogens is 1. The number of carbonyl (C=O) groups is 1. The lowest BCUT2D eigenvalue weighted by atomic mass is 9.78. The third kappa shape index (κ3) is 2.21. The minimum atomic E-state index is -0.901. The Balaban J connectivity index is 2.19. The minimum Gasteiger partial charge on any atom is -0.478 e. The van der Waals surface area contributed by atoms with Gasteiger partial charge in [-0.05, 0) is 60.3 Å². The van der Waals surface area contributed by atoms with Crippen molar-refractivity contribution < 1.29 is 9.90 Å². The van der Waals surface area contributed by atoms with Crippen molar-refractivity contribution in [3.05, 3.63) is 28.2 Å². The zero-order chi connectivity index (χ0) is 11.8. The lowest BCUT2D eigenvalue weighted by molar-refractivity contribution is 0.0697. The zero-order valence-electron chi connectivity index (χ0n) is 9.09. The van der Waals surface area contributed by atoms with Crippen LogP contribution in [0.3, 0.4) is 0 Å². The summed E-state index contributed by atoms with van der Waals surface area (Å²) in [5.41, 5.74) is 1.44. The van der Waals surface area contributed by atoms with Crippen molar-refractivity contribution in [3.63, 3.8) is 0 Å². The van der Waals surface area contributed by atoms with E-state index in [2.05, 4.69) is 28.2 Å². The first-order chi connectivity index (χ1) is 7.50. The Morgan fingerprint density at radius 2 is 2.19 bits per heavy atom. The summed E-state index contributed by atoms with van der Waals surface area (Å²) in [4.78, 5) is 10.8. The molecule has 1 aliphatic carbocycles. The summed E-state index contributed by atoms with van der Waals surface area (Å²) in [5.74, 6) is -0.901. The highest BCUT2D eigenvalue weighted by Gasteiger charge is 2.31. The number of benzene rings is 1. The first kappa shape index (κ1) is 11.5. The monoisotopic (exact) mass is 283 g/mol. The maximum absolute atomic E-state index is 10.8. The number of anilines is 1. The Labute approximate surface area is 103 Å². The summed E-state index contributed by atoms with van der Waals surface area (Å²) in [7, 11) is 0. The molecule has 0 saturated heterocycles. The number of aromatic carboxylic acids is 1. The Morgan fingerprint density at radius 3 is 2.62 bits per heavy atom. The lowest BCUT2D eigenvalue weighted by Gasteiger charge is -2.40. The third-order valence-corrected chi connectivity index (χ3v) is 3.77.